The van der Waals surface area contributed by atoms with Crippen molar-refractivity contribution in [3.63, 3.8) is 0 Å². The van der Waals surface area contributed by atoms with Crippen molar-refractivity contribution in [1.82, 2.24) is 14.7 Å². The van der Waals surface area contributed by atoms with Crippen LogP contribution in [0.3, 0.4) is 0 Å². The minimum atomic E-state index is -0.914. The van der Waals surface area contributed by atoms with Gasteiger partial charge in [-0.05, 0) is 5.92 Å². The molecule has 0 aromatic carbocycles. The highest BCUT2D eigenvalue weighted by atomic mass is 16.6. The van der Waals surface area contributed by atoms with Gasteiger partial charge in [-0.15, -0.1) is 0 Å². The number of rotatable bonds is 4. The van der Waals surface area contributed by atoms with Gasteiger partial charge in [-0.1, -0.05) is 6.92 Å². The van der Waals surface area contributed by atoms with E-state index in [4.69, 9.17) is 5.11 Å². The highest BCUT2D eigenvalue weighted by molar-refractivity contribution is 5.78. The third kappa shape index (κ3) is 2.76. The van der Waals surface area contributed by atoms with Gasteiger partial charge in [0, 0.05) is 13.1 Å². The number of nitrogens with zero attached hydrogens (tertiary/aromatic N) is 4. The first kappa shape index (κ1) is 14.0. The number of amides is 1. The van der Waals surface area contributed by atoms with E-state index >= 15 is 0 Å². The second-order valence-electron chi connectivity index (χ2n) is 4.87. The molecule has 1 amide bonds. The molecule has 0 radical (unpaired) electrons. The molecule has 1 aromatic heterocycles. The summed E-state index contributed by atoms with van der Waals surface area (Å²) in [4.78, 5) is 34.4. The van der Waals surface area contributed by atoms with Crippen LogP contribution in [0, 0.1) is 22.0 Å². The van der Waals surface area contributed by atoms with Gasteiger partial charge in [0.2, 0.25) is 5.91 Å². The first-order valence-corrected chi connectivity index (χ1v) is 6.06. The maximum Gasteiger partial charge on any atom is 0.308 e. The van der Waals surface area contributed by atoms with Crippen molar-refractivity contribution in [1.29, 1.82) is 0 Å². The number of carboxylic acid groups (broad SMARTS) is 1. The molecule has 1 aliphatic heterocycles. The van der Waals surface area contributed by atoms with Crippen LogP contribution in [0.1, 0.15) is 6.92 Å². The Morgan fingerprint density at radius 1 is 1.55 bits per heavy atom. The van der Waals surface area contributed by atoms with Gasteiger partial charge in [0.25, 0.3) is 0 Å². The molecule has 1 fully saturated rings. The summed E-state index contributed by atoms with van der Waals surface area (Å²) in [7, 11) is 0. The number of carboxylic acids is 1. The first-order chi connectivity index (χ1) is 9.38. The third-order valence-electron chi connectivity index (χ3n) is 3.41. The average molecular weight is 282 g/mol. The van der Waals surface area contributed by atoms with Gasteiger partial charge in [-0.2, -0.15) is 5.10 Å². The van der Waals surface area contributed by atoms with E-state index in [-0.39, 0.29) is 30.6 Å². The zero-order valence-electron chi connectivity index (χ0n) is 10.8. The molecule has 9 nitrogen and oxygen atoms in total. The molecule has 1 aromatic rings. The molecule has 108 valence electrons. The van der Waals surface area contributed by atoms with E-state index in [0.717, 1.165) is 6.20 Å². The van der Waals surface area contributed by atoms with Gasteiger partial charge in [0.15, 0.2) is 0 Å². The van der Waals surface area contributed by atoms with Crippen LogP contribution < -0.4 is 0 Å². The van der Waals surface area contributed by atoms with Crippen molar-refractivity contribution in [2.24, 2.45) is 11.8 Å². The van der Waals surface area contributed by atoms with Gasteiger partial charge in [-0.25, -0.2) is 0 Å². The van der Waals surface area contributed by atoms with Gasteiger partial charge < -0.3 is 10.0 Å². The molecule has 2 atom stereocenters. The Morgan fingerprint density at radius 2 is 2.25 bits per heavy atom. The minimum absolute atomic E-state index is 0.108. The fraction of sp³-hybridized carbons (Fsp3) is 0.545. The summed E-state index contributed by atoms with van der Waals surface area (Å²) in [6.45, 7) is 2.19. The highest BCUT2D eigenvalue weighted by Gasteiger charge is 2.36. The molecule has 1 aliphatic rings. The Balaban J connectivity index is 1.98. The summed E-state index contributed by atoms with van der Waals surface area (Å²) in [6, 6.07) is 0. The predicted molar refractivity (Wildman–Crippen MR) is 65.8 cm³/mol. The average Bonchev–Trinajstić information content (AvgIpc) is 2.95. The monoisotopic (exact) mass is 282 g/mol. The standard InChI is InChI=1S/C11H14N4O5/c1-7-3-13(5-9(7)11(17)18)10(16)6-14-4-8(2-12-14)15(19)20/h2,4,7,9H,3,5-6H2,1H3,(H,17,18)/t7-,9-/m1/s1. The molecule has 2 heterocycles. The summed E-state index contributed by atoms with van der Waals surface area (Å²) in [5, 5.41) is 23.2. The van der Waals surface area contributed by atoms with Crippen molar-refractivity contribution in [3.05, 3.63) is 22.5 Å². The van der Waals surface area contributed by atoms with Crippen molar-refractivity contribution < 1.29 is 19.6 Å². The Morgan fingerprint density at radius 3 is 2.75 bits per heavy atom. The number of hydrogen-bond donors (Lipinski definition) is 1. The maximum atomic E-state index is 12.0. The van der Waals surface area contributed by atoms with E-state index in [9.17, 15) is 19.7 Å². The second kappa shape index (κ2) is 5.27. The van der Waals surface area contributed by atoms with E-state index in [2.05, 4.69) is 5.10 Å². The smallest absolute Gasteiger partial charge is 0.308 e. The lowest BCUT2D eigenvalue weighted by molar-refractivity contribution is -0.385. The molecule has 1 saturated heterocycles. The molecule has 9 heteroatoms. The normalized spacial score (nSPS) is 21.9. The number of nitro groups is 1. The van der Waals surface area contributed by atoms with Crippen LogP contribution in [0.5, 0.6) is 0 Å². The Bertz CT molecular complexity index is 555. The summed E-state index contributed by atoms with van der Waals surface area (Å²) in [6.07, 6.45) is 2.24. The van der Waals surface area contributed by atoms with E-state index in [1.165, 1.54) is 15.8 Å². The van der Waals surface area contributed by atoms with Crippen LogP contribution in [0.15, 0.2) is 12.4 Å². The molecule has 0 aliphatic carbocycles. The molecule has 0 saturated carbocycles. The topological polar surface area (TPSA) is 119 Å². The van der Waals surface area contributed by atoms with Crippen LogP contribution >= 0.6 is 0 Å². The van der Waals surface area contributed by atoms with Crippen molar-refractivity contribution in [2.45, 2.75) is 13.5 Å². The molecule has 0 spiro atoms. The Labute approximate surface area is 113 Å². The maximum absolute atomic E-state index is 12.0. The molecule has 1 N–H and O–H groups in total. The van der Waals surface area contributed by atoms with Crippen LogP contribution in [-0.4, -0.2) is 49.7 Å². The Kier molecular flexibility index (Phi) is 3.68. The lowest BCUT2D eigenvalue weighted by atomic mass is 9.99. The van der Waals surface area contributed by atoms with Gasteiger partial charge in [0.1, 0.15) is 18.9 Å². The number of aliphatic carboxylic acids is 1. The molecule has 0 unspecified atom stereocenters. The summed E-state index contributed by atoms with van der Waals surface area (Å²) < 4.78 is 1.18. The molecular weight excluding hydrogens is 268 g/mol. The quantitative estimate of drug-likeness (QED) is 0.612. The molecule has 2 rings (SSSR count). The van der Waals surface area contributed by atoms with Gasteiger partial charge in [0.05, 0.1) is 10.8 Å². The largest absolute Gasteiger partial charge is 0.481 e. The zero-order valence-corrected chi connectivity index (χ0v) is 10.8. The fourth-order valence-electron chi connectivity index (χ4n) is 2.26. The lowest BCUT2D eigenvalue weighted by Gasteiger charge is -2.15. The number of likely N-dealkylation sites (tertiary alicyclic amines) is 1. The van der Waals surface area contributed by atoms with Crippen molar-refractivity contribution in [3.8, 4) is 0 Å². The first-order valence-electron chi connectivity index (χ1n) is 6.06. The zero-order chi connectivity index (χ0) is 14.9. The highest BCUT2D eigenvalue weighted by Crippen LogP contribution is 2.23. The predicted octanol–water partition coefficient (Wildman–Crippen LogP) is -0.0296. The fourth-order valence-corrected chi connectivity index (χ4v) is 2.26. The van der Waals surface area contributed by atoms with Crippen LogP contribution in [0.4, 0.5) is 5.69 Å². The van der Waals surface area contributed by atoms with Crippen molar-refractivity contribution >= 4 is 17.6 Å². The molecular formula is C11H14N4O5. The van der Waals surface area contributed by atoms with E-state index in [0.29, 0.717) is 6.54 Å². The summed E-state index contributed by atoms with van der Waals surface area (Å²) >= 11 is 0. The third-order valence-corrected chi connectivity index (χ3v) is 3.41. The van der Waals surface area contributed by atoms with Gasteiger partial charge in [-0.3, -0.25) is 24.4 Å². The van der Waals surface area contributed by atoms with E-state index in [1.54, 1.807) is 6.92 Å². The van der Waals surface area contributed by atoms with Crippen LogP contribution in [0.25, 0.3) is 0 Å². The van der Waals surface area contributed by atoms with Crippen molar-refractivity contribution in [2.75, 3.05) is 13.1 Å². The second-order valence-corrected chi connectivity index (χ2v) is 4.87. The molecule has 20 heavy (non-hydrogen) atoms. The van der Waals surface area contributed by atoms with E-state index < -0.39 is 16.8 Å². The lowest BCUT2D eigenvalue weighted by Crippen LogP contribution is -2.32. The Hall–Kier alpha value is -2.45. The van der Waals surface area contributed by atoms with Crippen LogP contribution in [0.2, 0.25) is 0 Å². The number of carbonyl (C=O) groups is 2. The SMILES string of the molecule is C[C@@H]1CN(C(=O)Cn2cc([N+](=O)[O-])cn2)C[C@H]1C(=O)O. The minimum Gasteiger partial charge on any atom is -0.481 e. The van der Waals surface area contributed by atoms with Crippen LogP contribution in [-0.2, 0) is 16.1 Å². The number of carbonyl (C=O) groups excluding carboxylic acids is 1. The van der Waals surface area contributed by atoms with E-state index in [1.807, 2.05) is 0 Å². The van der Waals surface area contributed by atoms with Gasteiger partial charge >= 0.3 is 11.7 Å². The molecule has 0 bridgehead atoms. The number of aromatic nitrogens is 2. The summed E-state index contributed by atoms with van der Waals surface area (Å²) in [5.74, 6) is -1.88. The number of hydrogen-bond acceptors (Lipinski definition) is 5. The summed E-state index contributed by atoms with van der Waals surface area (Å²) in [5.41, 5.74) is -0.184.